The summed E-state index contributed by atoms with van der Waals surface area (Å²) in [6, 6.07) is 7.36. The first-order valence-electron chi connectivity index (χ1n) is 9.31. The van der Waals surface area contributed by atoms with Gasteiger partial charge in [0.1, 0.15) is 5.75 Å². The van der Waals surface area contributed by atoms with E-state index in [-0.39, 0.29) is 5.75 Å². The van der Waals surface area contributed by atoms with Crippen molar-refractivity contribution in [1.29, 1.82) is 0 Å². The molecule has 1 fully saturated rings. The number of benzene rings is 1. The lowest BCUT2D eigenvalue weighted by Gasteiger charge is -2.33. The van der Waals surface area contributed by atoms with E-state index in [1.165, 1.54) is 31.9 Å². The van der Waals surface area contributed by atoms with Crippen molar-refractivity contribution < 1.29 is 13.5 Å². The van der Waals surface area contributed by atoms with Crippen LogP contribution in [0.5, 0.6) is 5.75 Å². The monoisotopic (exact) mass is 368 g/mol. The predicted octanol–water partition coefficient (Wildman–Crippen LogP) is 3.22. The number of hydrogen-bond donors (Lipinski definition) is 2. The van der Waals surface area contributed by atoms with Crippen molar-refractivity contribution in [3.8, 4) is 5.75 Å². The lowest BCUT2D eigenvalue weighted by molar-refractivity contribution is -0.0498. The summed E-state index contributed by atoms with van der Waals surface area (Å²) in [5.41, 5.74) is 0.855. The van der Waals surface area contributed by atoms with Crippen LogP contribution in [0.15, 0.2) is 29.3 Å². The quantitative estimate of drug-likeness (QED) is 0.420. The average molecular weight is 368 g/mol. The Hall–Kier alpha value is -1.89. The molecule has 5 nitrogen and oxygen atoms in total. The summed E-state index contributed by atoms with van der Waals surface area (Å²) < 4.78 is 29.0. The molecule has 1 atom stereocenters. The number of hydrogen-bond acceptors (Lipinski definition) is 3. The van der Waals surface area contributed by atoms with Crippen LogP contribution in [0.25, 0.3) is 0 Å². The van der Waals surface area contributed by atoms with Crippen LogP contribution in [0.3, 0.4) is 0 Å². The highest BCUT2D eigenvalue weighted by molar-refractivity contribution is 5.79. The van der Waals surface area contributed by atoms with Crippen molar-refractivity contribution in [1.82, 2.24) is 15.5 Å². The Morgan fingerprint density at radius 3 is 2.92 bits per heavy atom. The molecule has 1 saturated heterocycles. The zero-order valence-corrected chi connectivity index (χ0v) is 15.7. The molecule has 0 spiro atoms. The third kappa shape index (κ3) is 7.15. The van der Waals surface area contributed by atoms with Crippen molar-refractivity contribution in [2.45, 2.75) is 51.8 Å². The van der Waals surface area contributed by atoms with E-state index in [0.29, 0.717) is 18.5 Å². The second-order valence-corrected chi connectivity index (χ2v) is 6.61. The number of ether oxygens (including phenoxy) is 1. The van der Waals surface area contributed by atoms with Crippen LogP contribution in [0.2, 0.25) is 0 Å². The fourth-order valence-corrected chi connectivity index (χ4v) is 3.22. The van der Waals surface area contributed by atoms with E-state index in [1.807, 2.05) is 6.07 Å². The average Bonchev–Trinajstić information content (AvgIpc) is 2.62. The Bertz CT molecular complexity index is 568. The molecule has 1 aromatic carbocycles. The number of piperidine rings is 1. The summed E-state index contributed by atoms with van der Waals surface area (Å²) in [5, 5.41) is 6.50. The van der Waals surface area contributed by atoms with Gasteiger partial charge in [0.25, 0.3) is 0 Å². The Balaban J connectivity index is 1.69. The highest BCUT2D eigenvalue weighted by Crippen LogP contribution is 2.16. The topological polar surface area (TPSA) is 48.9 Å². The molecule has 146 valence electrons. The first-order chi connectivity index (χ1) is 12.6. The van der Waals surface area contributed by atoms with Gasteiger partial charge in [0, 0.05) is 32.7 Å². The van der Waals surface area contributed by atoms with Gasteiger partial charge in [0.2, 0.25) is 0 Å². The SMILES string of the molecule is CN=C(NCCCN1CCCCC1C)NCc1cccc(OC(F)F)c1. The van der Waals surface area contributed by atoms with E-state index in [1.54, 1.807) is 19.2 Å². The first-order valence-corrected chi connectivity index (χ1v) is 9.31. The summed E-state index contributed by atoms with van der Waals surface area (Å²) >= 11 is 0. The van der Waals surface area contributed by atoms with Crippen LogP contribution < -0.4 is 15.4 Å². The van der Waals surface area contributed by atoms with E-state index in [9.17, 15) is 8.78 Å². The number of aliphatic imine (C=N–C) groups is 1. The summed E-state index contributed by atoms with van der Waals surface area (Å²) in [6.45, 7) is 3.12. The molecule has 1 unspecified atom stereocenters. The van der Waals surface area contributed by atoms with Gasteiger partial charge >= 0.3 is 6.61 Å². The van der Waals surface area contributed by atoms with Crippen molar-refractivity contribution >= 4 is 5.96 Å². The maximum absolute atomic E-state index is 12.3. The second-order valence-electron chi connectivity index (χ2n) is 6.61. The molecule has 0 radical (unpaired) electrons. The van der Waals surface area contributed by atoms with Crippen molar-refractivity contribution in [3.63, 3.8) is 0 Å². The Morgan fingerprint density at radius 2 is 2.19 bits per heavy atom. The zero-order chi connectivity index (χ0) is 18.8. The van der Waals surface area contributed by atoms with Gasteiger partial charge < -0.3 is 20.3 Å². The van der Waals surface area contributed by atoms with Crippen LogP contribution in [-0.4, -0.2) is 50.2 Å². The Morgan fingerprint density at radius 1 is 1.35 bits per heavy atom. The van der Waals surface area contributed by atoms with E-state index < -0.39 is 6.61 Å². The van der Waals surface area contributed by atoms with Gasteiger partial charge in [-0.3, -0.25) is 4.99 Å². The van der Waals surface area contributed by atoms with Gasteiger partial charge in [-0.25, -0.2) is 0 Å². The molecule has 2 rings (SSSR count). The van der Waals surface area contributed by atoms with Crippen molar-refractivity contribution in [2.75, 3.05) is 26.7 Å². The van der Waals surface area contributed by atoms with Crippen molar-refractivity contribution in [3.05, 3.63) is 29.8 Å². The first kappa shape index (κ1) is 20.4. The maximum atomic E-state index is 12.3. The lowest BCUT2D eigenvalue weighted by atomic mass is 10.0. The minimum atomic E-state index is -2.81. The molecule has 0 saturated carbocycles. The molecule has 0 aliphatic carbocycles. The number of guanidine groups is 1. The van der Waals surface area contributed by atoms with Crippen molar-refractivity contribution in [2.24, 2.45) is 4.99 Å². The number of rotatable bonds is 8. The number of likely N-dealkylation sites (tertiary alicyclic amines) is 1. The number of alkyl halides is 2. The molecule has 26 heavy (non-hydrogen) atoms. The van der Waals surface area contributed by atoms with Gasteiger partial charge in [0.15, 0.2) is 5.96 Å². The fraction of sp³-hybridized carbons (Fsp3) is 0.632. The number of halogens is 2. The van der Waals surface area contributed by atoms with Crippen LogP contribution in [0.1, 0.15) is 38.2 Å². The molecule has 0 aromatic heterocycles. The molecular formula is C19H30F2N4O. The van der Waals surface area contributed by atoms with Crippen LogP contribution in [0, 0.1) is 0 Å². The van der Waals surface area contributed by atoms with Gasteiger partial charge in [-0.15, -0.1) is 0 Å². The Labute approximate surface area is 154 Å². The highest BCUT2D eigenvalue weighted by atomic mass is 19.3. The summed E-state index contributed by atoms with van der Waals surface area (Å²) in [7, 11) is 1.72. The summed E-state index contributed by atoms with van der Waals surface area (Å²) in [4.78, 5) is 6.75. The molecule has 7 heteroatoms. The predicted molar refractivity (Wildman–Crippen MR) is 101 cm³/mol. The van der Waals surface area contributed by atoms with Gasteiger partial charge in [-0.05, 0) is 50.4 Å². The molecule has 0 amide bonds. The standard InChI is InChI=1S/C19H30F2N4O/c1-15-7-3-4-11-25(15)12-6-10-23-19(22-2)24-14-16-8-5-9-17(13-16)26-18(20)21/h5,8-9,13,15,18H,3-4,6-7,10-12,14H2,1-2H3,(H2,22,23,24). The van der Waals surface area contributed by atoms with E-state index in [4.69, 9.17) is 0 Å². The highest BCUT2D eigenvalue weighted by Gasteiger charge is 2.17. The van der Waals surface area contributed by atoms with E-state index in [2.05, 4.69) is 32.2 Å². The Kier molecular flexibility index (Phi) is 8.61. The smallest absolute Gasteiger partial charge is 0.387 e. The number of nitrogens with one attached hydrogen (secondary N) is 2. The molecule has 1 heterocycles. The minimum Gasteiger partial charge on any atom is -0.435 e. The summed E-state index contributed by atoms with van der Waals surface area (Å²) in [6.07, 6.45) is 5.00. The minimum absolute atomic E-state index is 0.165. The molecule has 1 aliphatic rings. The lowest BCUT2D eigenvalue weighted by Crippen LogP contribution is -2.41. The molecule has 0 bridgehead atoms. The molecule has 2 N–H and O–H groups in total. The third-order valence-electron chi connectivity index (χ3n) is 4.66. The van der Waals surface area contributed by atoms with Crippen LogP contribution >= 0.6 is 0 Å². The molecule has 1 aromatic rings. The maximum Gasteiger partial charge on any atom is 0.387 e. The number of nitrogens with zero attached hydrogens (tertiary/aromatic N) is 2. The van der Waals surface area contributed by atoms with E-state index >= 15 is 0 Å². The van der Waals surface area contributed by atoms with Crippen LogP contribution in [0.4, 0.5) is 8.78 Å². The zero-order valence-electron chi connectivity index (χ0n) is 15.7. The molecule has 1 aliphatic heterocycles. The third-order valence-corrected chi connectivity index (χ3v) is 4.66. The summed E-state index contributed by atoms with van der Waals surface area (Å²) in [5.74, 6) is 0.870. The fourth-order valence-electron chi connectivity index (χ4n) is 3.22. The normalized spacial score (nSPS) is 18.8. The van der Waals surface area contributed by atoms with Gasteiger partial charge in [0.05, 0.1) is 0 Å². The van der Waals surface area contributed by atoms with Gasteiger partial charge in [-0.2, -0.15) is 8.78 Å². The second kappa shape index (κ2) is 11.0. The van der Waals surface area contributed by atoms with Crippen LogP contribution in [-0.2, 0) is 6.54 Å². The molecular weight excluding hydrogens is 338 g/mol. The largest absolute Gasteiger partial charge is 0.435 e. The van der Waals surface area contributed by atoms with Gasteiger partial charge in [-0.1, -0.05) is 18.6 Å². The van der Waals surface area contributed by atoms with E-state index in [0.717, 1.165) is 25.1 Å².